The first-order chi connectivity index (χ1) is 17.9. The van der Waals surface area contributed by atoms with Gasteiger partial charge in [-0.25, -0.2) is 0 Å². The summed E-state index contributed by atoms with van der Waals surface area (Å²) in [4.78, 5) is 42.8. The first kappa shape index (κ1) is 28.4. The number of benzene rings is 1. The van der Waals surface area contributed by atoms with Crippen LogP contribution in [0.15, 0.2) is 30.9 Å². The lowest BCUT2D eigenvalue weighted by molar-refractivity contribution is -0.149. The number of carbonyl (C=O) groups is 3. The molecule has 3 N–H and O–H groups in total. The second-order valence-corrected chi connectivity index (χ2v) is 14.9. The van der Waals surface area contributed by atoms with Gasteiger partial charge >= 0.3 is 0 Å². The molecule has 4 rings (SSSR count). The predicted octanol–water partition coefficient (Wildman–Crippen LogP) is 2.69. The van der Waals surface area contributed by atoms with Crippen molar-refractivity contribution in [3.63, 3.8) is 0 Å². The highest BCUT2D eigenvalue weighted by atomic mass is 28.4. The van der Waals surface area contributed by atoms with E-state index >= 15 is 4.11 Å². The summed E-state index contributed by atoms with van der Waals surface area (Å²) in [5, 5.41) is 22.0. The summed E-state index contributed by atoms with van der Waals surface area (Å²) in [5.41, 5.74) is -0.766. The number of nitrogens with one attached hydrogen (secondary N) is 1. The molecule has 9 nitrogen and oxygen atoms in total. The van der Waals surface area contributed by atoms with Crippen molar-refractivity contribution in [3.8, 4) is 0 Å². The molecule has 0 aromatic heterocycles. The molecule has 3 aliphatic heterocycles. The summed E-state index contributed by atoms with van der Waals surface area (Å²) in [6.07, 6.45) is 0.946. The summed E-state index contributed by atoms with van der Waals surface area (Å²) >= 11 is 0. The first-order valence-corrected chi connectivity index (χ1v) is 16.2. The van der Waals surface area contributed by atoms with Crippen LogP contribution >= 0.6 is 0 Å². The molecule has 0 unspecified atom stereocenters. The molecule has 0 radical (unpaired) electrons. The maximum Gasteiger partial charge on any atom is 0.264 e. The van der Waals surface area contributed by atoms with E-state index in [1.165, 1.54) is 11.8 Å². The van der Waals surface area contributed by atoms with E-state index in [0.717, 1.165) is 6.42 Å². The fourth-order valence-corrected chi connectivity index (χ4v) is 9.02. The second-order valence-electron chi connectivity index (χ2n) is 11.1. The van der Waals surface area contributed by atoms with Gasteiger partial charge in [-0.2, -0.15) is 0 Å². The van der Waals surface area contributed by atoms with E-state index in [1.54, 1.807) is 49.2 Å². The highest BCUT2D eigenvalue weighted by Gasteiger charge is 2.67. The molecule has 0 saturated carbocycles. The Kier molecular flexibility index (Phi) is 7.86. The number of anilines is 2. The lowest BCUT2D eigenvalue weighted by Crippen LogP contribution is -2.45. The van der Waals surface area contributed by atoms with Crippen molar-refractivity contribution < 1.29 is 33.4 Å². The minimum absolute atomic E-state index is 0.0872. The Morgan fingerprint density at radius 1 is 1.39 bits per heavy atom. The number of halogens is 1. The van der Waals surface area contributed by atoms with Crippen LogP contribution in [0.1, 0.15) is 38.7 Å². The predicted molar refractivity (Wildman–Crippen MR) is 144 cm³/mol. The number of hydrogen-bond donors (Lipinski definition) is 3. The van der Waals surface area contributed by atoms with Gasteiger partial charge in [-0.15, -0.1) is 6.58 Å². The van der Waals surface area contributed by atoms with Crippen LogP contribution in [0.2, 0.25) is 18.6 Å². The van der Waals surface area contributed by atoms with Crippen molar-refractivity contribution in [2.75, 3.05) is 29.9 Å². The summed E-state index contributed by atoms with van der Waals surface area (Å²) in [6, 6.07) is 4.71. The topological polar surface area (TPSA) is 119 Å². The van der Waals surface area contributed by atoms with Gasteiger partial charge in [0, 0.05) is 35.8 Å². The van der Waals surface area contributed by atoms with Gasteiger partial charge in [0.1, 0.15) is 6.10 Å². The van der Waals surface area contributed by atoms with E-state index in [9.17, 15) is 24.6 Å². The Labute approximate surface area is 223 Å². The fraction of sp³-hybridized carbons (Fsp3) is 0.593. The van der Waals surface area contributed by atoms with Gasteiger partial charge in [0.05, 0.1) is 30.9 Å². The van der Waals surface area contributed by atoms with Gasteiger partial charge in [0.25, 0.3) is 11.8 Å². The van der Waals surface area contributed by atoms with Crippen molar-refractivity contribution in [2.45, 2.75) is 75.6 Å². The molecule has 2 fully saturated rings. The van der Waals surface area contributed by atoms with Gasteiger partial charge < -0.3 is 34.2 Å². The van der Waals surface area contributed by atoms with Gasteiger partial charge in [0.15, 0.2) is 5.60 Å². The number of carbonyl (C=O) groups excluding carboxylic acids is 3. The van der Waals surface area contributed by atoms with Crippen molar-refractivity contribution >= 4 is 37.5 Å². The largest absolute Gasteiger partial charge is 0.394 e. The van der Waals surface area contributed by atoms with Crippen LogP contribution in [-0.4, -0.2) is 79.2 Å². The van der Waals surface area contributed by atoms with Gasteiger partial charge in [-0.3, -0.25) is 14.4 Å². The van der Waals surface area contributed by atoms with Crippen molar-refractivity contribution in [1.82, 2.24) is 4.90 Å². The molecule has 1 aromatic rings. The van der Waals surface area contributed by atoms with Crippen LogP contribution in [-0.2, 0) is 24.7 Å². The van der Waals surface area contributed by atoms with Crippen LogP contribution in [0.5, 0.6) is 0 Å². The number of aliphatic hydroxyl groups is 2. The molecule has 0 bridgehead atoms. The highest BCUT2D eigenvalue weighted by molar-refractivity contribution is 6.72. The molecule has 3 aliphatic rings. The Morgan fingerprint density at radius 3 is 2.71 bits per heavy atom. The molecule has 208 valence electrons. The first-order valence-electron chi connectivity index (χ1n) is 13.2. The highest BCUT2D eigenvalue weighted by Crippen LogP contribution is 2.60. The summed E-state index contributed by atoms with van der Waals surface area (Å²) in [7, 11) is -3.46. The Balaban J connectivity index is 1.77. The third-order valence-electron chi connectivity index (χ3n) is 8.20. The van der Waals surface area contributed by atoms with Crippen molar-refractivity contribution in [1.29, 1.82) is 0 Å². The fourth-order valence-electron chi connectivity index (χ4n) is 6.53. The molecular weight excluding hydrogens is 509 g/mol. The number of likely N-dealkylation sites (tertiary alicyclic amines) is 1. The standard InChI is InChI=1S/C27H38FN3O6Si/c1-6-11-31-21-10-9-18(29-25(35)17(3)33)13-20(21)27(26(31)36)16(2)24(38(4,5)28)22(37-27)14-23(34)30-12-7-8-19(30)15-32/h6,9-10,13,16-17,19,22,24,32-33H,1,7-8,11-12,14-15H2,2-5H3,(H,29,35)/t16-,17-,19-,22+,24-,27+/m0/s1. The smallest absolute Gasteiger partial charge is 0.264 e. The number of aliphatic hydroxyl groups excluding tert-OH is 2. The van der Waals surface area contributed by atoms with Crippen LogP contribution in [0.25, 0.3) is 0 Å². The van der Waals surface area contributed by atoms with E-state index in [1.807, 2.05) is 0 Å². The third kappa shape index (κ3) is 4.70. The molecule has 6 atom stereocenters. The van der Waals surface area contributed by atoms with Gasteiger partial charge in [0.2, 0.25) is 14.3 Å². The van der Waals surface area contributed by atoms with E-state index in [0.29, 0.717) is 29.9 Å². The summed E-state index contributed by atoms with van der Waals surface area (Å²) < 4.78 is 22.5. The zero-order valence-electron chi connectivity index (χ0n) is 22.4. The number of fused-ring (bicyclic) bond motifs is 2. The molecule has 0 aliphatic carbocycles. The maximum absolute atomic E-state index is 16.0. The number of rotatable bonds is 8. The average Bonchev–Trinajstić information content (AvgIpc) is 3.50. The third-order valence-corrected chi connectivity index (χ3v) is 10.7. The monoisotopic (exact) mass is 547 g/mol. The van der Waals surface area contributed by atoms with Crippen LogP contribution < -0.4 is 10.2 Å². The van der Waals surface area contributed by atoms with Gasteiger partial charge in [-0.1, -0.05) is 13.0 Å². The second kappa shape index (κ2) is 10.5. The SMILES string of the molecule is C=CCN1C(=O)[C@]2(O[C@H](CC(=O)N3CCC[C@H]3CO)[C@@H]([Si](C)(C)F)[C@@H]2C)c2cc(NC(=O)[C@H](C)O)ccc21. The number of hydrogen-bond acceptors (Lipinski definition) is 6. The molecule has 3 amide bonds. The number of nitrogens with zero attached hydrogens (tertiary/aromatic N) is 2. The van der Waals surface area contributed by atoms with Crippen LogP contribution in [0.3, 0.4) is 0 Å². The molecule has 2 saturated heterocycles. The molecule has 38 heavy (non-hydrogen) atoms. The Hall–Kier alpha value is -2.60. The van der Waals surface area contributed by atoms with E-state index in [2.05, 4.69) is 11.9 Å². The maximum atomic E-state index is 16.0. The average molecular weight is 548 g/mol. The molecule has 3 heterocycles. The van der Waals surface area contributed by atoms with Crippen molar-refractivity contribution in [3.05, 3.63) is 36.4 Å². The zero-order valence-corrected chi connectivity index (χ0v) is 23.4. The Morgan fingerprint density at radius 2 is 2.11 bits per heavy atom. The molecule has 1 spiro atoms. The van der Waals surface area contributed by atoms with Crippen molar-refractivity contribution in [2.24, 2.45) is 5.92 Å². The minimum Gasteiger partial charge on any atom is -0.394 e. The molecular formula is C27H38FN3O6Si. The van der Waals surface area contributed by atoms with E-state index in [-0.39, 0.29) is 37.4 Å². The summed E-state index contributed by atoms with van der Waals surface area (Å²) in [5.74, 6) is -1.77. The van der Waals surface area contributed by atoms with Crippen LogP contribution in [0.4, 0.5) is 15.5 Å². The minimum atomic E-state index is -3.46. The number of amides is 3. The zero-order chi connectivity index (χ0) is 28.0. The molecule has 11 heteroatoms. The Bertz CT molecular complexity index is 1120. The lowest BCUT2D eigenvalue weighted by Gasteiger charge is -2.31. The van der Waals surface area contributed by atoms with E-state index < -0.39 is 43.6 Å². The lowest BCUT2D eigenvalue weighted by atomic mass is 9.82. The quantitative estimate of drug-likeness (QED) is 0.262. The number of ether oxygens (including phenoxy) is 1. The van der Waals surface area contributed by atoms with Gasteiger partial charge in [-0.05, 0) is 51.1 Å². The molecule has 1 aromatic carbocycles. The van der Waals surface area contributed by atoms with Crippen LogP contribution in [0, 0.1) is 5.92 Å². The van der Waals surface area contributed by atoms with E-state index in [4.69, 9.17) is 4.74 Å². The normalized spacial score (nSPS) is 29.6. The summed E-state index contributed by atoms with van der Waals surface area (Å²) in [6.45, 7) is 10.7.